The van der Waals surface area contributed by atoms with Crippen molar-refractivity contribution in [1.29, 1.82) is 0 Å². The Kier molecular flexibility index (Phi) is 4.79. The Balaban J connectivity index is 1.91. The van der Waals surface area contributed by atoms with Gasteiger partial charge in [0.05, 0.1) is 6.61 Å². The maximum absolute atomic E-state index is 12.6. The topological polar surface area (TPSA) is 98.5 Å². The highest BCUT2D eigenvalue weighted by molar-refractivity contribution is 6.37. The van der Waals surface area contributed by atoms with E-state index in [-0.39, 0.29) is 18.2 Å². The van der Waals surface area contributed by atoms with Crippen molar-refractivity contribution in [1.82, 2.24) is 4.98 Å². The maximum Gasteiger partial charge on any atom is 0.397 e. The van der Waals surface area contributed by atoms with Gasteiger partial charge in [0.25, 0.3) is 0 Å². The van der Waals surface area contributed by atoms with Gasteiger partial charge in [-0.05, 0) is 44.2 Å². The van der Waals surface area contributed by atoms with Gasteiger partial charge >= 0.3 is 11.9 Å². The van der Waals surface area contributed by atoms with Crippen molar-refractivity contribution in [2.24, 2.45) is 0 Å². The van der Waals surface area contributed by atoms with Crippen molar-refractivity contribution in [3.63, 3.8) is 0 Å². The van der Waals surface area contributed by atoms with Crippen LogP contribution in [0.5, 0.6) is 0 Å². The van der Waals surface area contributed by atoms with Crippen LogP contribution in [0.2, 0.25) is 0 Å². The Morgan fingerprint density at radius 1 is 1.15 bits per heavy atom. The Morgan fingerprint density at radius 2 is 1.88 bits per heavy atom. The number of furan rings is 1. The van der Waals surface area contributed by atoms with Crippen LogP contribution in [0.4, 0.5) is 5.69 Å². The zero-order valence-electron chi connectivity index (χ0n) is 14.2. The zero-order valence-corrected chi connectivity index (χ0v) is 14.2. The Bertz CT molecular complexity index is 992. The second-order valence-corrected chi connectivity index (χ2v) is 5.51. The molecule has 0 fully saturated rings. The number of carbonyl (C=O) groups excluding carboxylic acids is 3. The first-order chi connectivity index (χ1) is 12.5. The molecule has 0 aliphatic carbocycles. The lowest BCUT2D eigenvalue weighted by Gasteiger charge is -2.04. The molecule has 26 heavy (non-hydrogen) atoms. The van der Waals surface area contributed by atoms with Gasteiger partial charge in [-0.3, -0.25) is 14.6 Å². The van der Waals surface area contributed by atoms with E-state index < -0.39 is 11.9 Å². The summed E-state index contributed by atoms with van der Waals surface area (Å²) in [6, 6.07) is 8.09. The van der Waals surface area contributed by atoms with E-state index in [4.69, 9.17) is 4.42 Å². The predicted octanol–water partition coefficient (Wildman–Crippen LogP) is 2.87. The SMILES string of the molecule is CCOC(=O)C(=O)Nc1ccc2oc(C(=O)c3ccncc3)c(C)c2c1. The minimum Gasteiger partial charge on any atom is -0.459 e. The van der Waals surface area contributed by atoms with Crippen molar-refractivity contribution >= 4 is 34.3 Å². The van der Waals surface area contributed by atoms with Crippen LogP contribution >= 0.6 is 0 Å². The number of rotatable bonds is 4. The molecule has 1 N–H and O–H groups in total. The molecule has 3 rings (SSSR count). The first-order valence-corrected chi connectivity index (χ1v) is 7.97. The maximum atomic E-state index is 12.6. The van der Waals surface area contributed by atoms with E-state index in [9.17, 15) is 14.4 Å². The highest BCUT2D eigenvalue weighted by Crippen LogP contribution is 2.29. The van der Waals surface area contributed by atoms with Crippen LogP contribution in [-0.4, -0.2) is 29.3 Å². The Labute approximate surface area is 149 Å². The third kappa shape index (κ3) is 3.32. The molecule has 0 radical (unpaired) electrons. The van der Waals surface area contributed by atoms with E-state index in [1.165, 1.54) is 12.4 Å². The van der Waals surface area contributed by atoms with Crippen LogP contribution in [0.1, 0.15) is 28.6 Å². The molecule has 1 amide bonds. The Hall–Kier alpha value is -3.48. The molecule has 0 aliphatic heterocycles. The number of aryl methyl sites for hydroxylation is 1. The third-order valence-corrected chi connectivity index (χ3v) is 3.80. The predicted molar refractivity (Wildman–Crippen MR) is 93.9 cm³/mol. The number of ketones is 1. The van der Waals surface area contributed by atoms with Gasteiger partial charge in [-0.25, -0.2) is 4.79 Å². The fraction of sp³-hybridized carbons (Fsp3) is 0.158. The van der Waals surface area contributed by atoms with Crippen LogP contribution in [0.25, 0.3) is 11.0 Å². The number of nitrogens with one attached hydrogen (secondary N) is 1. The summed E-state index contributed by atoms with van der Waals surface area (Å²) in [5.74, 6) is -1.84. The molecule has 0 atom stereocenters. The fourth-order valence-electron chi connectivity index (χ4n) is 2.53. The number of hydrogen-bond acceptors (Lipinski definition) is 6. The van der Waals surface area contributed by atoms with Gasteiger partial charge in [-0.1, -0.05) is 0 Å². The lowest BCUT2D eigenvalue weighted by molar-refractivity contribution is -0.152. The van der Waals surface area contributed by atoms with Crippen LogP contribution in [0, 0.1) is 6.92 Å². The summed E-state index contributed by atoms with van der Waals surface area (Å²) in [7, 11) is 0. The highest BCUT2D eigenvalue weighted by Gasteiger charge is 2.20. The number of benzene rings is 1. The van der Waals surface area contributed by atoms with Gasteiger partial charge in [-0.15, -0.1) is 0 Å². The monoisotopic (exact) mass is 352 g/mol. The van der Waals surface area contributed by atoms with Gasteiger partial charge in [-0.2, -0.15) is 0 Å². The molecule has 7 nitrogen and oxygen atoms in total. The molecule has 0 saturated carbocycles. The van der Waals surface area contributed by atoms with Crippen molar-refractivity contribution in [3.8, 4) is 0 Å². The number of nitrogens with zero attached hydrogens (tertiary/aromatic N) is 1. The van der Waals surface area contributed by atoms with Gasteiger partial charge in [0, 0.05) is 34.6 Å². The van der Waals surface area contributed by atoms with E-state index in [1.807, 2.05) is 0 Å². The summed E-state index contributed by atoms with van der Waals surface area (Å²) in [5, 5.41) is 3.14. The number of amides is 1. The number of hydrogen-bond donors (Lipinski definition) is 1. The highest BCUT2D eigenvalue weighted by atomic mass is 16.5. The summed E-state index contributed by atoms with van der Waals surface area (Å²) < 4.78 is 10.3. The molecule has 0 bridgehead atoms. The molecule has 2 heterocycles. The van der Waals surface area contributed by atoms with Gasteiger partial charge in [0.2, 0.25) is 5.78 Å². The van der Waals surface area contributed by atoms with E-state index in [1.54, 1.807) is 44.2 Å². The molecular formula is C19H16N2O5. The summed E-state index contributed by atoms with van der Waals surface area (Å²) in [4.78, 5) is 39.7. The molecule has 0 saturated heterocycles. The fourth-order valence-corrected chi connectivity index (χ4v) is 2.53. The number of aromatic nitrogens is 1. The Morgan fingerprint density at radius 3 is 2.58 bits per heavy atom. The smallest absolute Gasteiger partial charge is 0.397 e. The summed E-state index contributed by atoms with van der Waals surface area (Å²) in [5.41, 5.74) is 2.03. The van der Waals surface area contributed by atoms with E-state index >= 15 is 0 Å². The van der Waals surface area contributed by atoms with Crippen molar-refractivity contribution in [2.45, 2.75) is 13.8 Å². The van der Waals surface area contributed by atoms with Crippen LogP contribution < -0.4 is 5.32 Å². The zero-order chi connectivity index (χ0) is 18.7. The first-order valence-electron chi connectivity index (χ1n) is 7.97. The molecule has 132 valence electrons. The molecule has 0 aliphatic rings. The van der Waals surface area contributed by atoms with E-state index in [0.717, 1.165) is 0 Å². The van der Waals surface area contributed by atoms with Crippen LogP contribution in [0.3, 0.4) is 0 Å². The number of fused-ring (bicyclic) bond motifs is 1. The van der Waals surface area contributed by atoms with Gasteiger partial charge in [0.15, 0.2) is 5.76 Å². The number of carbonyl (C=O) groups is 3. The number of ether oxygens (including phenoxy) is 1. The van der Waals surface area contributed by atoms with Crippen molar-refractivity contribution < 1.29 is 23.5 Å². The average Bonchev–Trinajstić information content (AvgIpc) is 2.98. The minimum atomic E-state index is -0.954. The third-order valence-electron chi connectivity index (χ3n) is 3.80. The molecule has 7 heteroatoms. The summed E-state index contributed by atoms with van der Waals surface area (Å²) in [6.07, 6.45) is 3.07. The largest absolute Gasteiger partial charge is 0.459 e. The quantitative estimate of drug-likeness (QED) is 0.440. The van der Waals surface area contributed by atoms with Gasteiger partial charge < -0.3 is 14.5 Å². The van der Waals surface area contributed by atoms with Crippen LogP contribution in [0.15, 0.2) is 47.1 Å². The number of esters is 1. The first kappa shape index (κ1) is 17.3. The number of anilines is 1. The lowest BCUT2D eigenvalue weighted by atomic mass is 10.1. The molecule has 3 aromatic rings. The van der Waals surface area contributed by atoms with E-state index in [0.29, 0.717) is 27.8 Å². The summed E-state index contributed by atoms with van der Waals surface area (Å²) >= 11 is 0. The standard InChI is InChI=1S/C19H16N2O5/c1-3-25-19(24)18(23)21-13-4-5-15-14(10-13)11(2)17(26-15)16(22)12-6-8-20-9-7-12/h4-10H,3H2,1-2H3,(H,21,23). The molecule has 0 spiro atoms. The number of pyridine rings is 1. The van der Waals surface area contributed by atoms with Crippen molar-refractivity contribution in [2.75, 3.05) is 11.9 Å². The molecule has 1 aromatic carbocycles. The molecule has 0 unspecified atom stereocenters. The summed E-state index contributed by atoms with van der Waals surface area (Å²) in [6.45, 7) is 3.50. The van der Waals surface area contributed by atoms with E-state index in [2.05, 4.69) is 15.0 Å². The normalized spacial score (nSPS) is 10.5. The van der Waals surface area contributed by atoms with Crippen LogP contribution in [-0.2, 0) is 14.3 Å². The second kappa shape index (κ2) is 7.18. The molecule has 2 aromatic heterocycles. The second-order valence-electron chi connectivity index (χ2n) is 5.51. The molecular weight excluding hydrogens is 336 g/mol. The van der Waals surface area contributed by atoms with Crippen molar-refractivity contribution in [3.05, 3.63) is 59.6 Å². The lowest BCUT2D eigenvalue weighted by Crippen LogP contribution is -2.24. The minimum absolute atomic E-state index is 0.118. The average molecular weight is 352 g/mol. The van der Waals surface area contributed by atoms with Gasteiger partial charge in [0.1, 0.15) is 5.58 Å².